The smallest absolute Gasteiger partial charge is 0.273 e. The molecule has 3 amide bonds. The fourth-order valence-corrected chi connectivity index (χ4v) is 3.75. The highest BCUT2D eigenvalue weighted by Gasteiger charge is 2.26. The number of benzene rings is 2. The third kappa shape index (κ3) is 5.24. The molecule has 0 radical (unpaired) electrons. The average molecular weight is 454 g/mol. The lowest BCUT2D eigenvalue weighted by atomic mass is 10.0. The molecule has 4 rings (SSSR count). The molecule has 2 heterocycles. The molecule has 2 aromatic carbocycles. The maximum absolute atomic E-state index is 12.9. The van der Waals surface area contributed by atoms with Gasteiger partial charge in [0.05, 0.1) is 11.6 Å². The number of nitriles is 1. The molecule has 0 spiro atoms. The molecule has 9 nitrogen and oxygen atoms in total. The van der Waals surface area contributed by atoms with Crippen molar-refractivity contribution in [3.05, 3.63) is 89.4 Å². The lowest BCUT2D eigenvalue weighted by Crippen LogP contribution is -2.46. The number of rotatable bonds is 5. The van der Waals surface area contributed by atoms with E-state index in [1.54, 1.807) is 59.5 Å². The van der Waals surface area contributed by atoms with Gasteiger partial charge in [0.2, 0.25) is 0 Å². The Morgan fingerprint density at radius 2 is 1.62 bits per heavy atom. The predicted octanol–water partition coefficient (Wildman–Crippen LogP) is 2.64. The number of likely N-dealkylation sites (tertiary alicyclic amines) is 1. The van der Waals surface area contributed by atoms with Gasteiger partial charge >= 0.3 is 0 Å². The standard InChI is InChI=1S/C25H22N6O3/c26-16-17-5-4-8-19(15-17)25(34)31-13-9-20(10-14-31)29-24(33)21-22(28-12-11-27-21)30-23(32)18-6-2-1-3-7-18/h1-8,11-12,15,20H,9-10,13-14H2,(H,29,33)(H,28,30,32). The van der Waals surface area contributed by atoms with Crippen molar-refractivity contribution in [1.29, 1.82) is 5.26 Å². The van der Waals surface area contributed by atoms with Crippen LogP contribution in [-0.2, 0) is 0 Å². The van der Waals surface area contributed by atoms with Crippen molar-refractivity contribution in [2.24, 2.45) is 0 Å². The summed E-state index contributed by atoms with van der Waals surface area (Å²) < 4.78 is 0. The summed E-state index contributed by atoms with van der Waals surface area (Å²) in [5.41, 5.74) is 1.38. The molecule has 1 aliphatic heterocycles. The van der Waals surface area contributed by atoms with Crippen LogP contribution < -0.4 is 10.6 Å². The Hall–Kier alpha value is -4.58. The van der Waals surface area contributed by atoms with Crippen LogP contribution in [0.25, 0.3) is 0 Å². The Labute approximate surface area is 196 Å². The third-order valence-electron chi connectivity index (χ3n) is 5.54. The SMILES string of the molecule is N#Cc1cccc(C(=O)N2CCC(NC(=O)c3nccnc3NC(=O)c3ccccc3)CC2)c1. The minimum absolute atomic E-state index is 0.0265. The fourth-order valence-electron chi connectivity index (χ4n) is 3.75. The molecule has 170 valence electrons. The van der Waals surface area contributed by atoms with Gasteiger partial charge in [-0.15, -0.1) is 0 Å². The second-order valence-electron chi connectivity index (χ2n) is 7.81. The number of carbonyl (C=O) groups is 3. The van der Waals surface area contributed by atoms with E-state index >= 15 is 0 Å². The summed E-state index contributed by atoms with van der Waals surface area (Å²) in [5, 5.41) is 14.6. The Balaban J connectivity index is 1.36. The van der Waals surface area contributed by atoms with E-state index in [4.69, 9.17) is 5.26 Å². The predicted molar refractivity (Wildman–Crippen MR) is 124 cm³/mol. The number of hydrogen-bond donors (Lipinski definition) is 2. The molecule has 34 heavy (non-hydrogen) atoms. The Morgan fingerprint density at radius 1 is 0.912 bits per heavy atom. The van der Waals surface area contributed by atoms with Crippen LogP contribution in [0.2, 0.25) is 0 Å². The average Bonchev–Trinajstić information content (AvgIpc) is 2.89. The second-order valence-corrected chi connectivity index (χ2v) is 7.81. The summed E-state index contributed by atoms with van der Waals surface area (Å²) in [5.74, 6) is -0.883. The number of amides is 3. The van der Waals surface area contributed by atoms with Gasteiger partial charge in [-0.25, -0.2) is 9.97 Å². The Kier molecular flexibility index (Phi) is 6.89. The van der Waals surface area contributed by atoms with Crippen molar-refractivity contribution in [2.45, 2.75) is 18.9 Å². The van der Waals surface area contributed by atoms with Crippen LogP contribution in [-0.4, -0.2) is 51.7 Å². The maximum Gasteiger partial charge on any atom is 0.273 e. The minimum Gasteiger partial charge on any atom is -0.348 e. The lowest BCUT2D eigenvalue weighted by molar-refractivity contribution is 0.0697. The zero-order chi connectivity index (χ0) is 23.9. The van der Waals surface area contributed by atoms with Gasteiger partial charge in [-0.2, -0.15) is 5.26 Å². The molecule has 1 fully saturated rings. The lowest BCUT2D eigenvalue weighted by Gasteiger charge is -2.32. The van der Waals surface area contributed by atoms with E-state index in [0.29, 0.717) is 42.6 Å². The number of piperidine rings is 1. The van der Waals surface area contributed by atoms with E-state index in [2.05, 4.69) is 20.6 Å². The number of nitrogens with zero attached hydrogens (tertiary/aromatic N) is 4. The van der Waals surface area contributed by atoms with E-state index in [1.807, 2.05) is 6.07 Å². The first-order valence-electron chi connectivity index (χ1n) is 10.8. The number of aromatic nitrogens is 2. The van der Waals surface area contributed by atoms with Crippen molar-refractivity contribution >= 4 is 23.5 Å². The Morgan fingerprint density at radius 3 is 2.35 bits per heavy atom. The van der Waals surface area contributed by atoms with Crippen molar-refractivity contribution in [3.8, 4) is 6.07 Å². The summed E-state index contributed by atoms with van der Waals surface area (Å²) in [6.45, 7) is 0.942. The van der Waals surface area contributed by atoms with Crippen LogP contribution in [0.1, 0.15) is 49.6 Å². The normalized spacial score (nSPS) is 13.6. The van der Waals surface area contributed by atoms with E-state index in [1.165, 1.54) is 12.4 Å². The first-order chi connectivity index (χ1) is 16.5. The van der Waals surface area contributed by atoms with Gasteiger partial charge in [0, 0.05) is 42.7 Å². The van der Waals surface area contributed by atoms with Gasteiger partial charge in [-0.1, -0.05) is 24.3 Å². The van der Waals surface area contributed by atoms with E-state index in [9.17, 15) is 14.4 Å². The van der Waals surface area contributed by atoms with Gasteiger partial charge < -0.3 is 15.5 Å². The van der Waals surface area contributed by atoms with Crippen molar-refractivity contribution < 1.29 is 14.4 Å². The highest BCUT2D eigenvalue weighted by Crippen LogP contribution is 2.17. The molecule has 0 atom stereocenters. The van der Waals surface area contributed by atoms with Crippen LogP contribution in [0.15, 0.2) is 67.0 Å². The topological polar surface area (TPSA) is 128 Å². The summed E-state index contributed by atoms with van der Waals surface area (Å²) in [4.78, 5) is 48.0. The first-order valence-corrected chi connectivity index (χ1v) is 10.8. The molecule has 0 aliphatic carbocycles. The molecule has 3 aromatic rings. The molecule has 1 aliphatic rings. The van der Waals surface area contributed by atoms with Crippen molar-refractivity contribution in [1.82, 2.24) is 20.2 Å². The number of anilines is 1. The zero-order valence-corrected chi connectivity index (χ0v) is 18.3. The first kappa shape index (κ1) is 22.6. The number of hydrogen-bond acceptors (Lipinski definition) is 6. The third-order valence-corrected chi connectivity index (χ3v) is 5.54. The van der Waals surface area contributed by atoms with Gasteiger partial charge in [0.15, 0.2) is 11.5 Å². The summed E-state index contributed by atoms with van der Waals surface area (Å²) in [7, 11) is 0. The van der Waals surface area contributed by atoms with Crippen LogP contribution >= 0.6 is 0 Å². The van der Waals surface area contributed by atoms with Crippen LogP contribution in [0, 0.1) is 11.3 Å². The van der Waals surface area contributed by atoms with Crippen molar-refractivity contribution in [3.63, 3.8) is 0 Å². The summed E-state index contributed by atoms with van der Waals surface area (Å²) in [6.07, 6.45) is 3.94. The van der Waals surface area contributed by atoms with E-state index in [-0.39, 0.29) is 29.4 Å². The number of nitrogens with one attached hydrogen (secondary N) is 2. The largest absolute Gasteiger partial charge is 0.348 e. The molecule has 0 bridgehead atoms. The molecule has 9 heteroatoms. The minimum atomic E-state index is -0.442. The monoisotopic (exact) mass is 454 g/mol. The molecule has 1 aromatic heterocycles. The zero-order valence-electron chi connectivity index (χ0n) is 18.3. The van der Waals surface area contributed by atoms with E-state index in [0.717, 1.165) is 0 Å². The van der Waals surface area contributed by atoms with Gasteiger partial charge in [0.1, 0.15) is 0 Å². The molecule has 0 unspecified atom stereocenters. The second kappa shape index (κ2) is 10.4. The molecular weight excluding hydrogens is 432 g/mol. The highest BCUT2D eigenvalue weighted by atomic mass is 16.2. The number of carbonyl (C=O) groups excluding carboxylic acids is 3. The van der Waals surface area contributed by atoms with E-state index < -0.39 is 5.91 Å². The molecule has 1 saturated heterocycles. The highest BCUT2D eigenvalue weighted by molar-refractivity contribution is 6.07. The van der Waals surface area contributed by atoms with Crippen molar-refractivity contribution in [2.75, 3.05) is 18.4 Å². The van der Waals surface area contributed by atoms with Gasteiger partial charge in [-0.3, -0.25) is 14.4 Å². The van der Waals surface area contributed by atoms with Crippen LogP contribution in [0.3, 0.4) is 0 Å². The van der Waals surface area contributed by atoms with Crippen LogP contribution in [0.4, 0.5) is 5.82 Å². The molecular formula is C25H22N6O3. The fraction of sp³-hybridized carbons (Fsp3) is 0.200. The van der Waals surface area contributed by atoms with Gasteiger partial charge in [0.25, 0.3) is 17.7 Å². The van der Waals surface area contributed by atoms with Gasteiger partial charge in [-0.05, 0) is 43.2 Å². The maximum atomic E-state index is 12.9. The van der Waals surface area contributed by atoms with Crippen LogP contribution in [0.5, 0.6) is 0 Å². The molecule has 0 saturated carbocycles. The Bertz CT molecular complexity index is 1250. The molecule has 2 N–H and O–H groups in total. The summed E-state index contributed by atoms with van der Waals surface area (Å²) in [6, 6.07) is 17.1. The summed E-state index contributed by atoms with van der Waals surface area (Å²) >= 11 is 0. The quantitative estimate of drug-likeness (QED) is 0.610.